The van der Waals surface area contributed by atoms with Gasteiger partial charge in [-0.05, 0) is 177 Å². The smallest absolute Gasteiger partial charge is 0.0155 e. The molecule has 4 aliphatic rings. The second kappa shape index (κ2) is 14.9. The van der Waals surface area contributed by atoms with Crippen LogP contribution in [-0.2, 0) is 11.8 Å². The predicted octanol–water partition coefficient (Wildman–Crippen LogP) is 17.8. The molecule has 0 N–H and O–H groups in total. The minimum absolute atomic E-state index is 0.0126. The molecule has 0 aliphatic heterocycles. The monoisotopic (exact) mass is 830 g/mol. The van der Waals surface area contributed by atoms with Crippen molar-refractivity contribution < 1.29 is 0 Å². The molecule has 0 radical (unpaired) electrons. The highest BCUT2D eigenvalue weighted by molar-refractivity contribution is 6.21. The van der Waals surface area contributed by atoms with Crippen LogP contribution in [0.15, 0.2) is 194 Å². The van der Waals surface area contributed by atoms with Gasteiger partial charge in [0.1, 0.15) is 0 Å². The lowest BCUT2D eigenvalue weighted by molar-refractivity contribution is 0.652. The maximum absolute atomic E-state index is 2.58. The summed E-state index contributed by atoms with van der Waals surface area (Å²) in [5.41, 5.74) is 22.3. The summed E-state index contributed by atoms with van der Waals surface area (Å²) in [5.74, 6) is 0. The molecular weight excluding hydrogens is 781 g/mol. The summed E-state index contributed by atoms with van der Waals surface area (Å²) in [7, 11) is 0. The van der Waals surface area contributed by atoms with Crippen molar-refractivity contribution in [2.45, 2.75) is 57.8 Å². The Kier molecular flexibility index (Phi) is 8.76. The molecule has 4 aliphatic carbocycles. The fourth-order valence-corrected chi connectivity index (χ4v) is 12.4. The van der Waals surface area contributed by atoms with E-state index in [1.807, 2.05) is 0 Å². The third-order valence-corrected chi connectivity index (χ3v) is 15.4. The molecule has 0 nitrogen and oxygen atoms in total. The highest BCUT2D eigenvalue weighted by Gasteiger charge is 2.38. The van der Waals surface area contributed by atoms with Crippen LogP contribution in [0.5, 0.6) is 0 Å². The van der Waals surface area contributed by atoms with Crippen molar-refractivity contribution in [3.63, 3.8) is 0 Å². The number of allylic oxidation sites excluding steroid dienone is 9. The first-order valence-electron chi connectivity index (χ1n) is 23.7. The fourth-order valence-electron chi connectivity index (χ4n) is 12.4. The van der Waals surface area contributed by atoms with Crippen LogP contribution in [0.2, 0.25) is 0 Å². The zero-order chi connectivity index (χ0) is 43.2. The second-order valence-corrected chi connectivity index (χ2v) is 19.2. The Morgan fingerprint density at radius 2 is 0.862 bits per heavy atom. The van der Waals surface area contributed by atoms with Gasteiger partial charge in [0.05, 0.1) is 0 Å². The van der Waals surface area contributed by atoms with Crippen molar-refractivity contribution in [1.82, 2.24) is 0 Å². The molecule has 0 fully saturated rings. The first kappa shape index (κ1) is 38.2. The fraction of sp³-hybridized carbons (Fsp3) is 0.138. The Labute approximate surface area is 382 Å². The Morgan fingerprint density at radius 1 is 0.400 bits per heavy atom. The van der Waals surface area contributed by atoms with Crippen molar-refractivity contribution in [3.8, 4) is 22.3 Å². The molecule has 9 aromatic carbocycles. The molecule has 0 heteroatoms. The molecule has 0 spiro atoms. The van der Waals surface area contributed by atoms with Gasteiger partial charge in [-0.15, -0.1) is 0 Å². The van der Waals surface area contributed by atoms with Crippen LogP contribution in [0.25, 0.3) is 93.7 Å². The molecule has 0 saturated heterocycles. The van der Waals surface area contributed by atoms with E-state index >= 15 is 0 Å². The molecule has 9 aromatic rings. The maximum Gasteiger partial charge on any atom is 0.0155 e. The van der Waals surface area contributed by atoms with Gasteiger partial charge in [-0.1, -0.05) is 202 Å². The van der Waals surface area contributed by atoms with Gasteiger partial charge in [-0.3, -0.25) is 0 Å². The molecule has 310 valence electrons. The number of hydrogen-bond acceptors (Lipinski definition) is 0. The summed E-state index contributed by atoms with van der Waals surface area (Å²) < 4.78 is 0. The summed E-state index contributed by atoms with van der Waals surface area (Å²) in [6, 6.07) is 62.0. The number of fused-ring (bicyclic) bond motifs is 7. The molecule has 0 unspecified atom stereocenters. The van der Waals surface area contributed by atoms with Crippen LogP contribution in [0, 0.1) is 0 Å². The Bertz CT molecular complexity index is 3550. The van der Waals surface area contributed by atoms with E-state index in [1.54, 1.807) is 0 Å². The van der Waals surface area contributed by atoms with Gasteiger partial charge >= 0.3 is 0 Å². The van der Waals surface area contributed by atoms with Gasteiger partial charge in [0.25, 0.3) is 0 Å². The number of rotatable bonds is 5. The average molecular weight is 831 g/mol. The van der Waals surface area contributed by atoms with Crippen LogP contribution in [0.1, 0.15) is 84.9 Å². The van der Waals surface area contributed by atoms with Gasteiger partial charge < -0.3 is 0 Å². The van der Waals surface area contributed by atoms with Gasteiger partial charge in [-0.25, -0.2) is 0 Å². The molecule has 13 rings (SSSR count). The molecule has 0 atom stereocenters. The quantitative estimate of drug-likeness (QED) is 0.152. The van der Waals surface area contributed by atoms with Gasteiger partial charge in [0.15, 0.2) is 0 Å². The lowest BCUT2D eigenvalue weighted by atomic mass is 9.76. The minimum atomic E-state index is -0.0126. The van der Waals surface area contributed by atoms with Gasteiger partial charge in [-0.2, -0.15) is 0 Å². The SMILES string of the molecule is CC1(C)C2=C(CCC(c3c4ccccc4c(C4=CC=C(c5c6ccccc6c(-c6ccccc6-c6ccc7c(c6)C=CCC7)c6ccccc56)CC4)c4ccccc34)=C2)c2ccccc21. The summed E-state index contributed by atoms with van der Waals surface area (Å²) in [6.07, 6.45) is 18.4. The van der Waals surface area contributed by atoms with Crippen LogP contribution < -0.4 is 0 Å². The third kappa shape index (κ3) is 5.90. The molecule has 0 amide bonds. The normalized spacial score (nSPS) is 16.4. The lowest BCUT2D eigenvalue weighted by Gasteiger charge is -2.27. The van der Waals surface area contributed by atoms with Crippen LogP contribution in [0.4, 0.5) is 0 Å². The lowest BCUT2D eigenvalue weighted by Crippen LogP contribution is -2.17. The minimum Gasteiger partial charge on any atom is -0.0836 e. The van der Waals surface area contributed by atoms with E-state index in [9.17, 15) is 0 Å². The zero-order valence-corrected chi connectivity index (χ0v) is 37.2. The average Bonchev–Trinajstić information content (AvgIpc) is 3.59. The third-order valence-electron chi connectivity index (χ3n) is 15.4. The first-order valence-corrected chi connectivity index (χ1v) is 23.7. The van der Waals surface area contributed by atoms with Crippen molar-refractivity contribution >= 4 is 71.5 Å². The van der Waals surface area contributed by atoms with E-state index in [2.05, 4.69) is 208 Å². The van der Waals surface area contributed by atoms with E-state index in [-0.39, 0.29) is 5.41 Å². The number of benzene rings is 9. The Morgan fingerprint density at radius 3 is 1.42 bits per heavy atom. The van der Waals surface area contributed by atoms with E-state index in [0.717, 1.165) is 38.5 Å². The highest BCUT2D eigenvalue weighted by Crippen LogP contribution is 2.54. The summed E-state index contributed by atoms with van der Waals surface area (Å²) in [6.45, 7) is 4.83. The van der Waals surface area contributed by atoms with Crippen molar-refractivity contribution in [2.75, 3.05) is 0 Å². The van der Waals surface area contributed by atoms with E-state index in [4.69, 9.17) is 0 Å². The Balaban J connectivity index is 0.957. The van der Waals surface area contributed by atoms with Crippen LogP contribution in [0.3, 0.4) is 0 Å². The number of aryl methyl sites for hydroxylation is 1. The maximum atomic E-state index is 2.58. The van der Waals surface area contributed by atoms with Gasteiger partial charge in [0, 0.05) is 5.41 Å². The topological polar surface area (TPSA) is 0 Å². The predicted molar refractivity (Wildman–Crippen MR) is 280 cm³/mol. The highest BCUT2D eigenvalue weighted by atomic mass is 14.4. The first-order chi connectivity index (χ1) is 32.0. The summed E-state index contributed by atoms with van der Waals surface area (Å²) in [5, 5.41) is 10.7. The molecule has 0 saturated carbocycles. The number of hydrogen-bond donors (Lipinski definition) is 0. The molecule has 0 bridgehead atoms. The van der Waals surface area contributed by atoms with Gasteiger partial charge in [0.2, 0.25) is 0 Å². The molecule has 0 aromatic heterocycles. The molecular formula is C65H50. The van der Waals surface area contributed by atoms with Crippen LogP contribution in [-0.4, -0.2) is 0 Å². The standard InChI is InChI=1S/C65H50/c1-65(2)59-30-16-15-20-48(59)49-38-37-46(40-60(49)65)63-53-24-9-7-22-51(53)61(52-23-8-10-25-54(52)63)42-32-34-43(35-33-42)62-55-26-11-13-28-57(55)64(58-29-14-12-27-56(58)62)50-21-6-5-19-47(50)45-36-31-41-17-3-4-18-44(41)39-45/h4-16,18-32,34,36,39-40H,3,17,33,35,37-38H2,1-2H3. The van der Waals surface area contributed by atoms with Crippen molar-refractivity contribution in [2.24, 2.45) is 0 Å². The van der Waals surface area contributed by atoms with Crippen molar-refractivity contribution in [1.29, 1.82) is 0 Å². The molecule has 65 heavy (non-hydrogen) atoms. The molecule has 0 heterocycles. The second-order valence-electron chi connectivity index (χ2n) is 19.2. The zero-order valence-electron chi connectivity index (χ0n) is 37.2. The summed E-state index contributed by atoms with van der Waals surface area (Å²) in [4.78, 5) is 0. The van der Waals surface area contributed by atoms with E-state index < -0.39 is 0 Å². The Hall–Kier alpha value is -7.28. The van der Waals surface area contributed by atoms with Crippen molar-refractivity contribution in [3.05, 3.63) is 233 Å². The van der Waals surface area contributed by atoms with E-state index in [0.29, 0.717) is 0 Å². The summed E-state index contributed by atoms with van der Waals surface area (Å²) >= 11 is 0. The van der Waals surface area contributed by atoms with E-state index in [1.165, 1.54) is 132 Å². The van der Waals surface area contributed by atoms with Crippen LogP contribution >= 0.6 is 0 Å². The largest absolute Gasteiger partial charge is 0.0836 e.